The smallest absolute Gasteiger partial charge is 0.226 e. The lowest BCUT2D eigenvalue weighted by molar-refractivity contribution is -0.117. The molecular weight excluding hydrogens is 371 g/mol. The number of aromatic nitrogens is 2. The molecule has 2 rings (SSSR count). The van der Waals surface area contributed by atoms with Crippen LogP contribution in [0.2, 0.25) is 0 Å². The van der Waals surface area contributed by atoms with Gasteiger partial charge in [0.2, 0.25) is 5.91 Å². The van der Waals surface area contributed by atoms with E-state index in [9.17, 15) is 9.18 Å². The normalized spacial score (nSPS) is 10.3. The molecule has 0 spiro atoms. The van der Waals surface area contributed by atoms with Crippen LogP contribution in [-0.2, 0) is 9.53 Å². The van der Waals surface area contributed by atoms with E-state index in [1.807, 2.05) is 0 Å². The number of carbonyl (C=O) groups is 1. The lowest BCUT2D eigenvalue weighted by Crippen LogP contribution is -2.20. The molecule has 0 saturated carbocycles. The molecule has 4 N–H and O–H groups in total. The number of primary amides is 1. The van der Waals surface area contributed by atoms with E-state index in [1.165, 1.54) is 18.5 Å². The molecule has 0 aliphatic carbocycles. The fourth-order valence-electron chi connectivity index (χ4n) is 2.06. The van der Waals surface area contributed by atoms with Crippen LogP contribution >= 0.6 is 11.8 Å². The molecule has 0 saturated heterocycles. The van der Waals surface area contributed by atoms with E-state index in [-0.39, 0.29) is 35.0 Å². The van der Waals surface area contributed by atoms with Crippen LogP contribution in [0, 0.1) is 16.6 Å². The van der Waals surface area contributed by atoms with E-state index in [1.54, 1.807) is 12.1 Å². The highest BCUT2D eigenvalue weighted by atomic mass is 32.2. The second-order valence-corrected chi connectivity index (χ2v) is 6.30. The molecule has 0 atom stereocenters. The van der Waals surface area contributed by atoms with Crippen LogP contribution in [0.3, 0.4) is 0 Å². The molecule has 0 aliphatic rings. The molecule has 0 aliphatic heterocycles. The van der Waals surface area contributed by atoms with Gasteiger partial charge in [-0.1, -0.05) is 0 Å². The number of hydrogen-bond acceptors (Lipinski definition) is 8. The van der Waals surface area contributed by atoms with Gasteiger partial charge in [-0.3, -0.25) is 20.6 Å². The Balaban J connectivity index is 2.07. The van der Waals surface area contributed by atoms with Gasteiger partial charge in [-0.25, -0.2) is 14.4 Å². The first-order chi connectivity index (χ1) is 12.9. The van der Waals surface area contributed by atoms with Crippen LogP contribution in [0.25, 0.3) is 11.4 Å². The minimum atomic E-state index is -0.717. The number of benzene rings is 1. The lowest BCUT2D eigenvalue weighted by Gasteiger charge is -2.11. The maximum Gasteiger partial charge on any atom is 0.226 e. The number of ether oxygens (including phenoxy) is 1. The number of thioether (sulfide) groups is 1. The summed E-state index contributed by atoms with van der Waals surface area (Å²) in [5.41, 5.74) is 5.56. The quantitative estimate of drug-likeness (QED) is 0.362. The molecule has 0 fully saturated rings. The zero-order valence-corrected chi connectivity index (χ0v) is 15.1. The van der Waals surface area contributed by atoms with Gasteiger partial charge in [0.15, 0.2) is 17.6 Å². The Kier molecular flexibility index (Phi) is 7.12. The Bertz CT molecular complexity index is 875. The summed E-state index contributed by atoms with van der Waals surface area (Å²) in [5.74, 6) is -1.31. The molecule has 140 valence electrons. The van der Waals surface area contributed by atoms with E-state index in [2.05, 4.69) is 21.7 Å². The van der Waals surface area contributed by atoms with Crippen LogP contribution < -0.4 is 5.73 Å². The first kappa shape index (κ1) is 20.2. The Morgan fingerprint density at radius 3 is 2.63 bits per heavy atom. The van der Waals surface area contributed by atoms with Gasteiger partial charge < -0.3 is 10.5 Å². The highest BCUT2D eigenvalue weighted by molar-refractivity contribution is 7.99. The van der Waals surface area contributed by atoms with Gasteiger partial charge in [-0.15, -0.1) is 11.8 Å². The monoisotopic (exact) mass is 388 g/mol. The first-order valence-corrected chi connectivity index (χ1v) is 8.71. The third-order valence-corrected chi connectivity index (χ3v) is 4.30. The van der Waals surface area contributed by atoms with Crippen molar-refractivity contribution in [2.45, 2.75) is 17.7 Å². The molecular formula is C17H17FN6O2S. The largest absolute Gasteiger partial charge is 0.429 e. The maximum absolute atomic E-state index is 14.9. The van der Waals surface area contributed by atoms with E-state index >= 15 is 0 Å². The molecule has 1 aromatic carbocycles. The van der Waals surface area contributed by atoms with Crippen molar-refractivity contribution in [1.29, 1.82) is 10.8 Å². The number of carbonyl (C=O) groups excluding carboxylic acids is 1. The molecule has 10 heteroatoms. The van der Waals surface area contributed by atoms with Crippen molar-refractivity contribution < 1.29 is 13.9 Å². The summed E-state index contributed by atoms with van der Waals surface area (Å²) in [6, 6.07) is 4.79. The fraction of sp³-hybridized carbons (Fsp3) is 0.176. The van der Waals surface area contributed by atoms with Crippen LogP contribution in [0.5, 0.6) is 0 Å². The minimum absolute atomic E-state index is 0.119. The second kappa shape index (κ2) is 9.53. The van der Waals surface area contributed by atoms with Crippen LogP contribution in [0.4, 0.5) is 10.1 Å². The number of nitrogens with two attached hydrogens (primary N) is 1. The lowest BCUT2D eigenvalue weighted by atomic mass is 10.1. The first-order valence-electron chi connectivity index (χ1n) is 7.72. The summed E-state index contributed by atoms with van der Waals surface area (Å²) in [6.45, 7) is 3.45. The Morgan fingerprint density at radius 2 is 2.00 bits per heavy atom. The molecule has 2 aromatic rings. The number of aliphatic imine (C=N–C) groups is 1. The molecule has 0 radical (unpaired) electrons. The van der Waals surface area contributed by atoms with Crippen molar-refractivity contribution in [3.8, 4) is 11.4 Å². The van der Waals surface area contributed by atoms with Gasteiger partial charge >= 0.3 is 0 Å². The predicted octanol–water partition coefficient (Wildman–Crippen LogP) is 2.94. The molecule has 0 unspecified atom stereocenters. The standard InChI is InChI=1S/C17H17FN6O2S/c1-22-11-4-3-10(17-23-6-2-7-24-17)15(18)16(11)27-8-5-13(20)26-14(21)9-12(19)25/h2-4,6-7,20-21H,1,5,8-9H2,(H2,19,25). The van der Waals surface area contributed by atoms with Crippen LogP contribution in [0.15, 0.2) is 40.5 Å². The summed E-state index contributed by atoms with van der Waals surface area (Å²) in [5, 5.41) is 15.1. The summed E-state index contributed by atoms with van der Waals surface area (Å²) in [6.07, 6.45) is 2.78. The van der Waals surface area contributed by atoms with Crippen LogP contribution in [0.1, 0.15) is 12.8 Å². The van der Waals surface area contributed by atoms with Crippen molar-refractivity contribution in [1.82, 2.24) is 9.97 Å². The molecule has 1 heterocycles. The second-order valence-electron chi connectivity index (χ2n) is 5.20. The number of amides is 1. The van der Waals surface area contributed by atoms with E-state index < -0.39 is 17.6 Å². The molecule has 1 amide bonds. The van der Waals surface area contributed by atoms with E-state index in [4.69, 9.17) is 21.3 Å². The van der Waals surface area contributed by atoms with E-state index in [0.717, 1.165) is 11.8 Å². The number of nitrogens with one attached hydrogen (secondary N) is 2. The molecule has 0 bridgehead atoms. The van der Waals surface area contributed by atoms with Gasteiger partial charge in [0.1, 0.15) is 12.2 Å². The van der Waals surface area contributed by atoms with E-state index in [0.29, 0.717) is 11.4 Å². The van der Waals surface area contributed by atoms with Crippen molar-refractivity contribution in [3.05, 3.63) is 36.4 Å². The van der Waals surface area contributed by atoms with Crippen molar-refractivity contribution in [3.63, 3.8) is 0 Å². The third kappa shape index (κ3) is 5.68. The Hall–Kier alpha value is -3.14. The topological polar surface area (TPSA) is 138 Å². The van der Waals surface area contributed by atoms with Crippen LogP contribution in [-0.4, -0.2) is 40.1 Å². The zero-order chi connectivity index (χ0) is 19.8. The Morgan fingerprint density at radius 1 is 1.30 bits per heavy atom. The van der Waals surface area contributed by atoms with Gasteiger partial charge in [0, 0.05) is 24.6 Å². The Labute approximate surface area is 159 Å². The summed E-state index contributed by atoms with van der Waals surface area (Å²) >= 11 is 1.13. The van der Waals surface area contributed by atoms with Crippen molar-refractivity contribution in [2.75, 3.05) is 5.75 Å². The van der Waals surface area contributed by atoms with Crippen molar-refractivity contribution >= 4 is 41.9 Å². The molecule has 1 aromatic heterocycles. The molecule has 27 heavy (non-hydrogen) atoms. The summed E-state index contributed by atoms with van der Waals surface area (Å²) in [7, 11) is 0. The average molecular weight is 388 g/mol. The highest BCUT2D eigenvalue weighted by Gasteiger charge is 2.17. The third-order valence-electron chi connectivity index (χ3n) is 3.21. The van der Waals surface area contributed by atoms with Crippen molar-refractivity contribution in [2.24, 2.45) is 10.7 Å². The molecule has 8 nitrogen and oxygen atoms in total. The number of hydrogen-bond donors (Lipinski definition) is 3. The number of nitrogens with zero attached hydrogens (tertiary/aromatic N) is 3. The van der Waals surface area contributed by atoms with Gasteiger partial charge in [-0.2, -0.15) is 0 Å². The zero-order valence-electron chi connectivity index (χ0n) is 14.2. The number of rotatable bonds is 8. The average Bonchev–Trinajstić information content (AvgIpc) is 2.62. The van der Waals surface area contributed by atoms with Gasteiger partial charge in [0.25, 0.3) is 0 Å². The van der Waals surface area contributed by atoms with Gasteiger partial charge in [0.05, 0.1) is 16.1 Å². The summed E-state index contributed by atoms with van der Waals surface area (Å²) < 4.78 is 19.8. The summed E-state index contributed by atoms with van der Waals surface area (Å²) in [4.78, 5) is 22.9. The minimum Gasteiger partial charge on any atom is -0.429 e. The maximum atomic E-state index is 14.9. The van der Waals surface area contributed by atoms with Gasteiger partial charge in [-0.05, 0) is 24.9 Å². The number of halogens is 1. The SMILES string of the molecule is C=Nc1ccc(-c2ncccn2)c(F)c1SCCC(=N)OC(=N)CC(N)=O. The highest BCUT2D eigenvalue weighted by Crippen LogP contribution is 2.36. The predicted molar refractivity (Wildman–Crippen MR) is 102 cm³/mol. The fourth-order valence-corrected chi connectivity index (χ4v) is 3.07.